The Balaban J connectivity index is 1.98. The minimum Gasteiger partial charge on any atom is -0.496 e. The topological polar surface area (TPSA) is 75.7 Å². The summed E-state index contributed by atoms with van der Waals surface area (Å²) in [6.45, 7) is 6.31. The van der Waals surface area contributed by atoms with Crippen LogP contribution in [0.1, 0.15) is 55.8 Å². The van der Waals surface area contributed by atoms with Crippen molar-refractivity contribution in [1.29, 1.82) is 0 Å². The first kappa shape index (κ1) is 24.7. The van der Waals surface area contributed by atoms with Gasteiger partial charge in [-0.25, -0.2) is 8.42 Å². The number of anilines is 1. The fraction of sp³-hybridized carbons (Fsp3) is 0.458. The van der Waals surface area contributed by atoms with Crippen molar-refractivity contribution in [3.05, 3.63) is 59.2 Å². The maximum Gasteiger partial charge on any atom is 0.232 e. The van der Waals surface area contributed by atoms with Gasteiger partial charge in [-0.1, -0.05) is 38.1 Å². The molecule has 0 aliphatic carbocycles. The standard InChI is InChI=1S/C24H34N2O4S/c1-6-19-10-13-21(14-11-19)26(31(5,28)29)16-8-9-24(27)25-22(7-2)20-12-15-23(30-4)18(3)17-20/h10-15,17,22H,6-9,16H2,1-5H3,(H,25,27). The van der Waals surface area contributed by atoms with Gasteiger partial charge in [-0.3, -0.25) is 9.10 Å². The average molecular weight is 447 g/mol. The van der Waals surface area contributed by atoms with Gasteiger partial charge in [-0.15, -0.1) is 0 Å². The number of benzene rings is 2. The Kier molecular flexibility index (Phi) is 8.92. The zero-order valence-corrected chi connectivity index (χ0v) is 20.0. The fourth-order valence-electron chi connectivity index (χ4n) is 3.57. The van der Waals surface area contributed by atoms with Gasteiger partial charge in [0.2, 0.25) is 15.9 Å². The molecule has 170 valence electrons. The third-order valence-electron chi connectivity index (χ3n) is 5.36. The summed E-state index contributed by atoms with van der Waals surface area (Å²) in [6, 6.07) is 13.3. The van der Waals surface area contributed by atoms with E-state index in [1.165, 1.54) is 10.6 Å². The second kappa shape index (κ2) is 11.2. The van der Waals surface area contributed by atoms with Crippen LogP contribution in [0, 0.1) is 6.92 Å². The highest BCUT2D eigenvalue weighted by Gasteiger charge is 2.19. The third kappa shape index (κ3) is 6.99. The predicted octanol–water partition coefficient (Wildman–Crippen LogP) is 4.38. The number of hydrogen-bond donors (Lipinski definition) is 1. The summed E-state index contributed by atoms with van der Waals surface area (Å²) < 4.78 is 31.2. The molecule has 0 saturated carbocycles. The van der Waals surface area contributed by atoms with Gasteiger partial charge in [0.1, 0.15) is 5.75 Å². The van der Waals surface area contributed by atoms with Gasteiger partial charge in [0, 0.05) is 13.0 Å². The molecular weight excluding hydrogens is 412 g/mol. The molecule has 1 unspecified atom stereocenters. The smallest absolute Gasteiger partial charge is 0.232 e. The van der Waals surface area contributed by atoms with Crippen molar-refractivity contribution in [2.45, 2.75) is 52.5 Å². The predicted molar refractivity (Wildman–Crippen MR) is 126 cm³/mol. The Bertz CT molecular complexity index is 972. The van der Waals surface area contributed by atoms with E-state index in [9.17, 15) is 13.2 Å². The summed E-state index contributed by atoms with van der Waals surface area (Å²) in [6.07, 6.45) is 3.54. The van der Waals surface area contributed by atoms with Crippen LogP contribution in [0.5, 0.6) is 5.75 Å². The number of sulfonamides is 1. The van der Waals surface area contributed by atoms with Crippen molar-refractivity contribution in [2.24, 2.45) is 0 Å². The Morgan fingerprint density at radius 1 is 1.13 bits per heavy atom. The number of carbonyl (C=O) groups excluding carboxylic acids is 1. The van der Waals surface area contributed by atoms with Crippen molar-refractivity contribution in [3.63, 3.8) is 0 Å². The van der Waals surface area contributed by atoms with E-state index in [0.29, 0.717) is 12.1 Å². The van der Waals surface area contributed by atoms with Crippen LogP contribution in [-0.4, -0.2) is 34.2 Å². The Hall–Kier alpha value is -2.54. The first-order valence-electron chi connectivity index (χ1n) is 10.7. The van der Waals surface area contributed by atoms with Crippen molar-refractivity contribution >= 4 is 21.6 Å². The maximum absolute atomic E-state index is 12.5. The number of aryl methyl sites for hydroxylation is 2. The third-order valence-corrected chi connectivity index (χ3v) is 6.56. The van der Waals surface area contributed by atoms with Gasteiger partial charge in [0.05, 0.1) is 25.1 Å². The van der Waals surface area contributed by atoms with Crippen molar-refractivity contribution in [1.82, 2.24) is 5.32 Å². The number of nitrogens with zero attached hydrogens (tertiary/aromatic N) is 1. The normalized spacial score (nSPS) is 12.3. The highest BCUT2D eigenvalue weighted by Crippen LogP contribution is 2.24. The lowest BCUT2D eigenvalue weighted by molar-refractivity contribution is -0.121. The molecule has 2 aromatic rings. The van der Waals surface area contributed by atoms with E-state index in [4.69, 9.17) is 4.74 Å². The SMILES string of the molecule is CCc1ccc(N(CCCC(=O)NC(CC)c2ccc(OC)c(C)c2)S(C)(=O)=O)cc1. The molecule has 1 N–H and O–H groups in total. The first-order valence-corrected chi connectivity index (χ1v) is 12.5. The van der Waals surface area contributed by atoms with E-state index in [1.54, 1.807) is 7.11 Å². The Morgan fingerprint density at radius 2 is 1.81 bits per heavy atom. The van der Waals surface area contributed by atoms with Gasteiger partial charge >= 0.3 is 0 Å². The van der Waals surface area contributed by atoms with Gasteiger partial charge in [-0.05, 0) is 61.1 Å². The number of hydrogen-bond acceptors (Lipinski definition) is 4. The summed E-state index contributed by atoms with van der Waals surface area (Å²) in [4.78, 5) is 12.5. The Morgan fingerprint density at radius 3 is 2.32 bits per heavy atom. The highest BCUT2D eigenvalue weighted by atomic mass is 32.2. The van der Waals surface area contributed by atoms with Crippen molar-refractivity contribution < 1.29 is 17.9 Å². The number of carbonyl (C=O) groups is 1. The molecule has 1 atom stereocenters. The van der Waals surface area contributed by atoms with Crippen LogP contribution in [0.3, 0.4) is 0 Å². The molecule has 0 fully saturated rings. The lowest BCUT2D eigenvalue weighted by atomic mass is 10.0. The molecule has 0 saturated heterocycles. The number of methoxy groups -OCH3 is 1. The van der Waals surface area contributed by atoms with E-state index in [0.717, 1.165) is 35.3 Å². The lowest BCUT2D eigenvalue weighted by Gasteiger charge is -2.23. The van der Waals surface area contributed by atoms with Crippen LogP contribution < -0.4 is 14.4 Å². The second-order valence-corrected chi connectivity index (χ2v) is 9.62. The fourth-order valence-corrected chi connectivity index (χ4v) is 4.54. The van der Waals surface area contributed by atoms with E-state index < -0.39 is 10.0 Å². The number of rotatable bonds is 11. The molecule has 2 aromatic carbocycles. The van der Waals surface area contributed by atoms with E-state index >= 15 is 0 Å². The van der Waals surface area contributed by atoms with Crippen molar-refractivity contribution in [3.8, 4) is 5.75 Å². The van der Waals surface area contributed by atoms with Gasteiger partial charge in [-0.2, -0.15) is 0 Å². The molecule has 0 aliphatic rings. The number of ether oxygens (including phenoxy) is 1. The van der Waals surface area contributed by atoms with E-state index in [-0.39, 0.29) is 24.9 Å². The summed E-state index contributed by atoms with van der Waals surface area (Å²) >= 11 is 0. The lowest BCUT2D eigenvalue weighted by Crippen LogP contribution is -2.33. The average Bonchev–Trinajstić information content (AvgIpc) is 2.74. The summed E-state index contributed by atoms with van der Waals surface area (Å²) in [5.74, 6) is 0.730. The monoisotopic (exact) mass is 446 g/mol. The Labute approximate surface area is 186 Å². The van der Waals surface area contributed by atoms with Crippen LogP contribution in [-0.2, 0) is 21.2 Å². The van der Waals surface area contributed by atoms with Gasteiger partial charge in [0.15, 0.2) is 0 Å². The summed E-state index contributed by atoms with van der Waals surface area (Å²) in [5, 5.41) is 3.07. The molecule has 0 heterocycles. The molecule has 0 aliphatic heterocycles. The van der Waals surface area contributed by atoms with Crippen LogP contribution in [0.15, 0.2) is 42.5 Å². The number of nitrogens with one attached hydrogen (secondary N) is 1. The minimum absolute atomic E-state index is 0.0879. The summed E-state index contributed by atoms with van der Waals surface area (Å²) in [5.41, 5.74) is 3.82. The van der Waals surface area contributed by atoms with E-state index in [1.807, 2.05) is 56.3 Å². The first-order chi connectivity index (χ1) is 14.7. The minimum atomic E-state index is -3.43. The molecule has 0 spiro atoms. The molecule has 2 rings (SSSR count). The molecule has 0 radical (unpaired) electrons. The largest absolute Gasteiger partial charge is 0.496 e. The molecule has 7 heteroatoms. The molecule has 31 heavy (non-hydrogen) atoms. The molecule has 6 nitrogen and oxygen atoms in total. The molecule has 0 aromatic heterocycles. The van der Waals surface area contributed by atoms with Gasteiger partial charge in [0.25, 0.3) is 0 Å². The zero-order chi connectivity index (χ0) is 23.0. The molecule has 0 bridgehead atoms. The second-order valence-electron chi connectivity index (χ2n) is 7.72. The van der Waals surface area contributed by atoms with Crippen LogP contribution in [0.4, 0.5) is 5.69 Å². The number of amides is 1. The molecule has 1 amide bonds. The quantitative estimate of drug-likeness (QED) is 0.556. The van der Waals surface area contributed by atoms with Gasteiger partial charge < -0.3 is 10.1 Å². The maximum atomic E-state index is 12.5. The van der Waals surface area contributed by atoms with Crippen LogP contribution >= 0.6 is 0 Å². The summed E-state index contributed by atoms with van der Waals surface area (Å²) in [7, 11) is -1.79. The molecular formula is C24H34N2O4S. The zero-order valence-electron chi connectivity index (χ0n) is 19.1. The van der Waals surface area contributed by atoms with E-state index in [2.05, 4.69) is 12.2 Å². The van der Waals surface area contributed by atoms with Crippen molar-refractivity contribution in [2.75, 3.05) is 24.2 Å². The van der Waals surface area contributed by atoms with Crippen LogP contribution in [0.2, 0.25) is 0 Å². The van der Waals surface area contributed by atoms with Crippen LogP contribution in [0.25, 0.3) is 0 Å². The highest BCUT2D eigenvalue weighted by molar-refractivity contribution is 7.92.